The van der Waals surface area contributed by atoms with Gasteiger partial charge in [-0.1, -0.05) is 23.2 Å². The number of carbonyl (C=O) groups is 1. The molecule has 1 N–H and O–H groups in total. The summed E-state index contributed by atoms with van der Waals surface area (Å²) >= 11 is 11.3. The number of aliphatic carboxylic acids is 1. The normalized spacial score (nSPS) is 9.00. The molecular formula is C8H8CaCl2O3. The van der Waals surface area contributed by atoms with Crippen LogP contribution in [0.5, 0.6) is 5.75 Å². The summed E-state index contributed by atoms with van der Waals surface area (Å²) in [4.78, 5) is 10.2. The second kappa shape index (κ2) is 6.75. The number of ether oxygens (including phenoxy) is 1. The molecule has 0 heterocycles. The van der Waals surface area contributed by atoms with Crippen LogP contribution >= 0.6 is 23.2 Å². The SMILES string of the molecule is O=C(O)COc1ccc(Cl)cc1Cl.[CaH2]. The topological polar surface area (TPSA) is 46.5 Å². The molecule has 0 saturated carbocycles. The van der Waals surface area contributed by atoms with Gasteiger partial charge in [0.15, 0.2) is 6.61 Å². The minimum absolute atomic E-state index is 0. The average Bonchev–Trinajstić information content (AvgIpc) is 2.02. The molecule has 0 unspecified atom stereocenters. The first kappa shape index (κ1) is 14.3. The predicted molar refractivity (Wildman–Crippen MR) is 58.1 cm³/mol. The number of hydrogen-bond donors (Lipinski definition) is 1. The van der Waals surface area contributed by atoms with Gasteiger partial charge in [0.2, 0.25) is 0 Å². The molecule has 0 saturated heterocycles. The Balaban J connectivity index is 0.00000169. The van der Waals surface area contributed by atoms with Crippen LogP contribution in [0.25, 0.3) is 0 Å². The molecule has 0 aromatic heterocycles. The summed E-state index contributed by atoms with van der Waals surface area (Å²) in [6.07, 6.45) is 0. The van der Waals surface area contributed by atoms with Gasteiger partial charge in [-0.25, -0.2) is 4.79 Å². The first-order valence-corrected chi connectivity index (χ1v) is 4.15. The maximum atomic E-state index is 10.2. The molecule has 1 rings (SSSR count). The first-order chi connectivity index (χ1) is 6.09. The molecule has 0 amide bonds. The summed E-state index contributed by atoms with van der Waals surface area (Å²) in [5, 5.41) is 9.11. The fourth-order valence-corrected chi connectivity index (χ4v) is 1.19. The van der Waals surface area contributed by atoms with E-state index in [4.69, 9.17) is 33.0 Å². The molecule has 0 bridgehead atoms. The third-order valence-corrected chi connectivity index (χ3v) is 1.78. The molecule has 0 aliphatic carbocycles. The molecule has 0 aliphatic rings. The summed E-state index contributed by atoms with van der Waals surface area (Å²) in [6, 6.07) is 4.58. The predicted octanol–water partition coefficient (Wildman–Crippen LogP) is 1.54. The van der Waals surface area contributed by atoms with Crippen LogP contribution in [0.4, 0.5) is 0 Å². The minimum atomic E-state index is -1.05. The van der Waals surface area contributed by atoms with Crippen molar-refractivity contribution in [3.05, 3.63) is 28.2 Å². The van der Waals surface area contributed by atoms with E-state index in [1.165, 1.54) is 12.1 Å². The van der Waals surface area contributed by atoms with Crippen molar-refractivity contribution in [3.63, 3.8) is 0 Å². The molecule has 1 aromatic carbocycles. The Morgan fingerprint density at radius 1 is 1.43 bits per heavy atom. The van der Waals surface area contributed by atoms with E-state index in [1.54, 1.807) is 6.07 Å². The van der Waals surface area contributed by atoms with Crippen molar-refractivity contribution in [2.24, 2.45) is 0 Å². The second-order valence-corrected chi connectivity index (χ2v) is 3.10. The van der Waals surface area contributed by atoms with Gasteiger partial charge < -0.3 is 9.84 Å². The number of rotatable bonds is 3. The summed E-state index contributed by atoms with van der Waals surface area (Å²) in [5.74, 6) is -0.737. The molecule has 0 fully saturated rings. The molecule has 6 heteroatoms. The summed E-state index contributed by atoms with van der Waals surface area (Å²) in [5.41, 5.74) is 0. The van der Waals surface area contributed by atoms with Crippen LogP contribution in [0.15, 0.2) is 18.2 Å². The van der Waals surface area contributed by atoms with Crippen LogP contribution in [0, 0.1) is 0 Å². The number of benzene rings is 1. The van der Waals surface area contributed by atoms with Crippen LogP contribution in [0.1, 0.15) is 0 Å². The summed E-state index contributed by atoms with van der Waals surface area (Å²) < 4.78 is 4.86. The van der Waals surface area contributed by atoms with E-state index in [0.29, 0.717) is 15.8 Å². The van der Waals surface area contributed by atoms with Crippen molar-refractivity contribution in [1.29, 1.82) is 0 Å². The fraction of sp³-hybridized carbons (Fsp3) is 0.125. The standard InChI is InChI=1S/C8H6Cl2O3.Ca.2H/c9-5-1-2-7(6(10)3-5)13-4-8(11)12;;;/h1-3H,4H2,(H,11,12);;;. The Hall–Kier alpha value is 0.330. The molecular weight excluding hydrogens is 255 g/mol. The molecule has 14 heavy (non-hydrogen) atoms. The van der Waals surface area contributed by atoms with Gasteiger partial charge in [-0.2, -0.15) is 0 Å². The number of hydrogen-bond acceptors (Lipinski definition) is 2. The summed E-state index contributed by atoms with van der Waals surface area (Å²) in [6.45, 7) is -0.415. The molecule has 0 radical (unpaired) electrons. The number of carboxylic acids is 1. The average molecular weight is 263 g/mol. The third kappa shape index (κ3) is 4.71. The zero-order chi connectivity index (χ0) is 9.84. The Kier molecular flexibility index (Phi) is 6.91. The van der Waals surface area contributed by atoms with Gasteiger partial charge in [0.1, 0.15) is 5.75 Å². The zero-order valence-electron chi connectivity index (χ0n) is 6.46. The second-order valence-electron chi connectivity index (χ2n) is 2.26. The molecule has 3 nitrogen and oxygen atoms in total. The van der Waals surface area contributed by atoms with Crippen LogP contribution < -0.4 is 4.74 Å². The molecule has 1 aromatic rings. The van der Waals surface area contributed by atoms with E-state index in [2.05, 4.69) is 0 Å². The monoisotopic (exact) mass is 262 g/mol. The Bertz CT molecular complexity index is 330. The number of carboxylic acid groups (broad SMARTS) is 1. The Labute approximate surface area is 121 Å². The molecule has 0 atom stereocenters. The van der Waals surface area contributed by atoms with Crippen LogP contribution in [0.2, 0.25) is 10.0 Å². The van der Waals surface area contributed by atoms with E-state index in [0.717, 1.165) is 0 Å². The van der Waals surface area contributed by atoms with Crippen molar-refractivity contribution < 1.29 is 14.6 Å². The van der Waals surface area contributed by atoms with Gasteiger partial charge >= 0.3 is 43.7 Å². The fourth-order valence-electron chi connectivity index (χ4n) is 0.732. The van der Waals surface area contributed by atoms with Crippen LogP contribution in [-0.4, -0.2) is 55.4 Å². The van der Waals surface area contributed by atoms with Gasteiger partial charge in [0.25, 0.3) is 0 Å². The molecule has 74 valence electrons. The maximum absolute atomic E-state index is 10.2. The van der Waals surface area contributed by atoms with Crippen molar-refractivity contribution in [1.82, 2.24) is 0 Å². The van der Waals surface area contributed by atoms with Gasteiger partial charge in [0, 0.05) is 5.02 Å². The summed E-state index contributed by atoms with van der Waals surface area (Å²) in [7, 11) is 0. The van der Waals surface area contributed by atoms with Crippen LogP contribution in [-0.2, 0) is 4.79 Å². The van der Waals surface area contributed by atoms with Crippen molar-refractivity contribution in [3.8, 4) is 5.75 Å². The Morgan fingerprint density at radius 3 is 2.57 bits per heavy atom. The van der Waals surface area contributed by atoms with Gasteiger partial charge in [-0.15, -0.1) is 0 Å². The van der Waals surface area contributed by atoms with E-state index in [1.807, 2.05) is 0 Å². The Morgan fingerprint density at radius 2 is 2.07 bits per heavy atom. The first-order valence-electron chi connectivity index (χ1n) is 3.39. The number of halogens is 2. The van der Waals surface area contributed by atoms with Crippen molar-refractivity contribution in [2.45, 2.75) is 0 Å². The van der Waals surface area contributed by atoms with E-state index in [-0.39, 0.29) is 37.7 Å². The third-order valence-electron chi connectivity index (χ3n) is 1.25. The van der Waals surface area contributed by atoms with E-state index in [9.17, 15) is 4.79 Å². The van der Waals surface area contributed by atoms with Crippen molar-refractivity contribution in [2.75, 3.05) is 6.61 Å². The molecule has 0 spiro atoms. The zero-order valence-corrected chi connectivity index (χ0v) is 7.97. The van der Waals surface area contributed by atoms with Gasteiger partial charge in [-0.05, 0) is 18.2 Å². The molecule has 0 aliphatic heterocycles. The van der Waals surface area contributed by atoms with E-state index >= 15 is 0 Å². The van der Waals surface area contributed by atoms with Crippen molar-refractivity contribution >= 4 is 66.9 Å². The van der Waals surface area contributed by atoms with Crippen LogP contribution in [0.3, 0.4) is 0 Å². The van der Waals surface area contributed by atoms with Gasteiger partial charge in [-0.3, -0.25) is 0 Å². The quantitative estimate of drug-likeness (QED) is 0.841. The van der Waals surface area contributed by atoms with E-state index < -0.39 is 12.6 Å². The van der Waals surface area contributed by atoms with Gasteiger partial charge in [0.05, 0.1) is 5.02 Å².